The van der Waals surface area contributed by atoms with E-state index in [-0.39, 0.29) is 5.56 Å². The zero-order valence-electron chi connectivity index (χ0n) is 11.9. The zero-order valence-corrected chi connectivity index (χ0v) is 12.8. The van der Waals surface area contributed by atoms with Crippen LogP contribution in [-0.4, -0.2) is 39.9 Å². The predicted octanol–water partition coefficient (Wildman–Crippen LogP) is 1.82. The number of rotatable bonds is 5. The number of nitrogens with zero attached hydrogens (tertiary/aromatic N) is 1. The number of esters is 1. The van der Waals surface area contributed by atoms with Gasteiger partial charge < -0.3 is 4.74 Å². The van der Waals surface area contributed by atoms with E-state index in [4.69, 9.17) is 0 Å². The Labute approximate surface area is 118 Å². The average Bonchev–Trinajstić information content (AvgIpc) is 2.38. The molecule has 0 aromatic heterocycles. The molecule has 0 bridgehead atoms. The molecular formula is C13H18FNO4S. The van der Waals surface area contributed by atoms with Gasteiger partial charge in [-0.05, 0) is 24.1 Å². The van der Waals surface area contributed by atoms with E-state index in [1.165, 1.54) is 21.2 Å². The molecule has 1 aromatic rings. The van der Waals surface area contributed by atoms with Crippen molar-refractivity contribution in [2.75, 3.05) is 21.2 Å². The van der Waals surface area contributed by atoms with Crippen molar-refractivity contribution in [2.45, 2.75) is 24.7 Å². The van der Waals surface area contributed by atoms with Crippen molar-refractivity contribution in [3.8, 4) is 0 Å². The fourth-order valence-corrected chi connectivity index (χ4v) is 2.73. The fraction of sp³-hybridized carbons (Fsp3) is 0.462. The Hall–Kier alpha value is -1.47. The first-order valence-electron chi connectivity index (χ1n) is 6.09. The maximum absolute atomic E-state index is 14.0. The highest BCUT2D eigenvalue weighted by atomic mass is 32.2. The first kappa shape index (κ1) is 16.6. The van der Waals surface area contributed by atoms with E-state index < -0.39 is 26.7 Å². The number of carbonyl (C=O) groups is 1. The van der Waals surface area contributed by atoms with Crippen molar-refractivity contribution in [1.82, 2.24) is 4.31 Å². The summed E-state index contributed by atoms with van der Waals surface area (Å²) in [5.74, 6) is -1.54. The number of methoxy groups -OCH3 is 1. The molecule has 0 spiro atoms. The van der Waals surface area contributed by atoms with Gasteiger partial charge in [-0.15, -0.1) is 0 Å². The Morgan fingerprint density at radius 2 is 1.95 bits per heavy atom. The molecule has 20 heavy (non-hydrogen) atoms. The molecule has 1 rings (SSSR count). The normalized spacial score (nSPS) is 11.7. The minimum Gasteiger partial charge on any atom is -0.465 e. The van der Waals surface area contributed by atoms with E-state index in [0.29, 0.717) is 18.4 Å². The van der Waals surface area contributed by atoms with Crippen LogP contribution in [0.4, 0.5) is 4.39 Å². The molecule has 0 fully saturated rings. The van der Waals surface area contributed by atoms with Gasteiger partial charge in [0.2, 0.25) is 10.0 Å². The molecule has 0 radical (unpaired) electrons. The summed E-state index contributed by atoms with van der Waals surface area (Å²) >= 11 is 0. The Bertz CT molecular complexity index is 611. The lowest BCUT2D eigenvalue weighted by atomic mass is 10.0. The summed E-state index contributed by atoms with van der Waals surface area (Å²) < 4.78 is 43.6. The standard InChI is InChI=1S/C13H18FNO4S/c1-5-6-9-7-11(14)12(20(17,18)15(2)3)8-10(9)13(16)19-4/h7-8H,5-6H2,1-4H3. The average molecular weight is 303 g/mol. The van der Waals surface area contributed by atoms with Gasteiger partial charge in [0.05, 0.1) is 12.7 Å². The van der Waals surface area contributed by atoms with Gasteiger partial charge in [-0.2, -0.15) is 0 Å². The van der Waals surface area contributed by atoms with Gasteiger partial charge in [-0.3, -0.25) is 0 Å². The van der Waals surface area contributed by atoms with Crippen LogP contribution in [0.15, 0.2) is 17.0 Å². The van der Waals surface area contributed by atoms with Gasteiger partial charge in [0, 0.05) is 14.1 Å². The third kappa shape index (κ3) is 3.16. The van der Waals surface area contributed by atoms with Crippen molar-refractivity contribution in [1.29, 1.82) is 0 Å². The summed E-state index contributed by atoms with van der Waals surface area (Å²) in [6, 6.07) is 2.13. The van der Waals surface area contributed by atoms with Gasteiger partial charge >= 0.3 is 5.97 Å². The summed E-state index contributed by atoms with van der Waals surface area (Å²) in [7, 11) is -0.161. The topological polar surface area (TPSA) is 63.7 Å². The van der Waals surface area contributed by atoms with E-state index in [0.717, 1.165) is 16.4 Å². The van der Waals surface area contributed by atoms with E-state index in [2.05, 4.69) is 4.74 Å². The molecule has 112 valence electrons. The van der Waals surface area contributed by atoms with E-state index in [1.54, 1.807) is 0 Å². The highest BCUT2D eigenvalue weighted by molar-refractivity contribution is 7.89. The molecule has 0 heterocycles. The zero-order chi connectivity index (χ0) is 15.5. The SMILES string of the molecule is CCCc1cc(F)c(S(=O)(=O)N(C)C)cc1C(=O)OC. The quantitative estimate of drug-likeness (QED) is 0.778. The second-order valence-corrected chi connectivity index (χ2v) is 6.59. The van der Waals surface area contributed by atoms with Gasteiger partial charge in [-0.1, -0.05) is 13.3 Å². The maximum atomic E-state index is 14.0. The number of hydrogen-bond acceptors (Lipinski definition) is 4. The van der Waals surface area contributed by atoms with Gasteiger partial charge in [-0.25, -0.2) is 21.9 Å². The summed E-state index contributed by atoms with van der Waals surface area (Å²) in [5.41, 5.74) is 0.519. The van der Waals surface area contributed by atoms with E-state index >= 15 is 0 Å². The Kier molecular flexibility index (Phi) is 5.24. The van der Waals surface area contributed by atoms with Crippen LogP contribution in [0.1, 0.15) is 29.3 Å². The van der Waals surface area contributed by atoms with Crippen LogP contribution >= 0.6 is 0 Å². The van der Waals surface area contributed by atoms with Gasteiger partial charge in [0.15, 0.2) is 0 Å². The van der Waals surface area contributed by atoms with Gasteiger partial charge in [0.1, 0.15) is 10.7 Å². The Morgan fingerprint density at radius 3 is 2.40 bits per heavy atom. The summed E-state index contributed by atoms with van der Waals surface area (Å²) in [6.45, 7) is 1.88. The van der Waals surface area contributed by atoms with E-state index in [9.17, 15) is 17.6 Å². The molecule has 0 saturated carbocycles. The molecule has 0 aliphatic carbocycles. The minimum atomic E-state index is -3.95. The van der Waals surface area contributed by atoms with Crippen LogP contribution in [0.5, 0.6) is 0 Å². The van der Waals surface area contributed by atoms with Crippen LogP contribution in [0.3, 0.4) is 0 Å². The highest BCUT2D eigenvalue weighted by Gasteiger charge is 2.25. The Balaban J connectivity index is 3.55. The smallest absolute Gasteiger partial charge is 0.338 e. The summed E-state index contributed by atoms with van der Waals surface area (Å²) in [6.07, 6.45) is 1.16. The van der Waals surface area contributed by atoms with Crippen LogP contribution in [0, 0.1) is 5.82 Å². The second kappa shape index (κ2) is 6.32. The molecular weight excluding hydrogens is 285 g/mol. The van der Waals surface area contributed by atoms with Gasteiger partial charge in [0.25, 0.3) is 0 Å². The lowest BCUT2D eigenvalue weighted by Crippen LogP contribution is -2.24. The van der Waals surface area contributed by atoms with Crippen LogP contribution in [0.25, 0.3) is 0 Å². The molecule has 0 amide bonds. The van der Waals surface area contributed by atoms with Crippen LogP contribution < -0.4 is 0 Å². The summed E-state index contributed by atoms with van der Waals surface area (Å²) in [4.78, 5) is 11.2. The second-order valence-electron chi connectivity index (χ2n) is 4.47. The largest absolute Gasteiger partial charge is 0.465 e. The lowest BCUT2D eigenvalue weighted by molar-refractivity contribution is 0.0599. The molecule has 7 heteroatoms. The first-order chi connectivity index (χ1) is 9.25. The molecule has 0 N–H and O–H groups in total. The van der Waals surface area contributed by atoms with Crippen molar-refractivity contribution in [2.24, 2.45) is 0 Å². The Morgan fingerprint density at radius 1 is 1.35 bits per heavy atom. The third-order valence-electron chi connectivity index (χ3n) is 2.84. The number of halogens is 1. The van der Waals surface area contributed by atoms with Crippen molar-refractivity contribution < 1.29 is 22.3 Å². The monoisotopic (exact) mass is 303 g/mol. The van der Waals surface area contributed by atoms with Crippen molar-refractivity contribution in [3.05, 3.63) is 29.1 Å². The molecule has 0 aliphatic heterocycles. The number of carbonyl (C=O) groups excluding carboxylic acids is 1. The molecule has 5 nitrogen and oxygen atoms in total. The predicted molar refractivity (Wildman–Crippen MR) is 72.6 cm³/mol. The molecule has 0 aliphatic rings. The number of hydrogen-bond donors (Lipinski definition) is 0. The maximum Gasteiger partial charge on any atom is 0.338 e. The fourth-order valence-electron chi connectivity index (χ4n) is 1.77. The van der Waals surface area contributed by atoms with Crippen molar-refractivity contribution >= 4 is 16.0 Å². The summed E-state index contributed by atoms with van der Waals surface area (Å²) in [5, 5.41) is 0. The lowest BCUT2D eigenvalue weighted by Gasteiger charge is -2.15. The third-order valence-corrected chi connectivity index (χ3v) is 4.67. The first-order valence-corrected chi connectivity index (χ1v) is 7.53. The van der Waals surface area contributed by atoms with Crippen LogP contribution in [-0.2, 0) is 21.2 Å². The minimum absolute atomic E-state index is 0.0798. The van der Waals surface area contributed by atoms with Crippen LogP contribution in [0.2, 0.25) is 0 Å². The molecule has 0 saturated heterocycles. The molecule has 1 aromatic carbocycles. The highest BCUT2D eigenvalue weighted by Crippen LogP contribution is 2.24. The molecule has 0 atom stereocenters. The molecule has 0 unspecified atom stereocenters. The number of sulfonamides is 1. The number of ether oxygens (including phenoxy) is 1. The number of aryl methyl sites for hydroxylation is 1. The van der Waals surface area contributed by atoms with Crippen molar-refractivity contribution in [3.63, 3.8) is 0 Å². The number of benzene rings is 1. The van der Waals surface area contributed by atoms with E-state index in [1.807, 2.05) is 6.92 Å².